The number of aromatic hydroxyl groups is 1. The molecule has 4 aromatic rings. The average Bonchev–Trinajstić information content (AvgIpc) is 4.07. The van der Waals surface area contributed by atoms with E-state index >= 15 is 8.78 Å². The highest BCUT2D eigenvalue weighted by Crippen LogP contribution is 2.57. The van der Waals surface area contributed by atoms with Crippen LogP contribution in [0.15, 0.2) is 24.3 Å². The maximum absolute atomic E-state index is 17.4. The molecule has 5 atom stereocenters. The number of nitrogens with zero attached hydrogens (tertiary/aromatic N) is 6. The van der Waals surface area contributed by atoms with Crippen molar-refractivity contribution in [2.45, 2.75) is 56.4 Å². The number of benzene rings is 2. The van der Waals surface area contributed by atoms with Crippen molar-refractivity contribution in [2.24, 2.45) is 29.1 Å². The SMILES string of the molecule is C#Cc1c(F)ccc2cc(O)cc(-c3nc(OC)c4c(N5CCC6CC(C5)N(C(=O)C5CC(F)(F)C5(F)F)C6)nc(OCC5(CN6CC7CC7C6)CC5)nc4c3F)c12. The van der Waals surface area contributed by atoms with Gasteiger partial charge in [-0.1, -0.05) is 12.0 Å². The standard InChI is InChI=1S/C42H40F6N6O4/c1-3-27-30(43)5-4-22-12-26(55)13-28(31(22)27)34-33(44)35-32(37(49-34)57-2)36(51-39(50-35)58-20-40(7-8-40)19-52-16-23-11-24(23)17-52)53-9-6-21-10-25(18-53)54(15-21)38(56)29-14-41(45,46)42(29,47)48/h1,4-5,12-13,21,23-25,29,55H,6-11,14-20H2,2H3. The highest BCUT2D eigenvalue weighted by Gasteiger charge is 2.74. The van der Waals surface area contributed by atoms with Crippen molar-refractivity contribution in [3.8, 4) is 41.2 Å². The lowest BCUT2D eigenvalue weighted by atomic mass is 9.75. The first-order valence-electron chi connectivity index (χ1n) is 19.7. The van der Waals surface area contributed by atoms with E-state index in [1.54, 1.807) is 4.90 Å². The number of rotatable bonds is 9. The molecule has 3 saturated heterocycles. The molecule has 3 aliphatic carbocycles. The molecular formula is C42H40F6N6O4. The minimum Gasteiger partial charge on any atom is -0.508 e. The number of fused-ring (bicyclic) bond motifs is 5. The molecule has 5 unspecified atom stereocenters. The van der Waals surface area contributed by atoms with Gasteiger partial charge < -0.3 is 29.3 Å². The van der Waals surface area contributed by atoms with Crippen molar-refractivity contribution in [3.05, 3.63) is 41.5 Å². The van der Waals surface area contributed by atoms with Gasteiger partial charge in [0, 0.05) is 68.1 Å². The van der Waals surface area contributed by atoms with Gasteiger partial charge in [-0.25, -0.2) is 13.8 Å². The molecule has 304 valence electrons. The van der Waals surface area contributed by atoms with Gasteiger partial charge in [0.2, 0.25) is 11.8 Å². The van der Waals surface area contributed by atoms with Crippen molar-refractivity contribution in [2.75, 3.05) is 57.9 Å². The van der Waals surface area contributed by atoms with Gasteiger partial charge in [-0.3, -0.25) is 4.79 Å². The number of hydrogen-bond donors (Lipinski definition) is 1. The zero-order valence-corrected chi connectivity index (χ0v) is 31.6. The predicted octanol–water partition coefficient (Wildman–Crippen LogP) is 6.65. The molecular weight excluding hydrogens is 766 g/mol. The molecule has 2 aromatic carbocycles. The summed E-state index contributed by atoms with van der Waals surface area (Å²) in [6.45, 7) is 3.86. The molecule has 2 bridgehead atoms. The van der Waals surface area contributed by atoms with E-state index in [0.717, 1.165) is 50.4 Å². The van der Waals surface area contributed by atoms with E-state index in [1.165, 1.54) is 36.6 Å². The normalized spacial score (nSPS) is 27.5. The fourth-order valence-electron chi connectivity index (χ4n) is 9.95. The van der Waals surface area contributed by atoms with E-state index < -0.39 is 47.8 Å². The second-order valence-corrected chi connectivity index (χ2v) is 17.3. The third kappa shape index (κ3) is 5.89. The number of phenolic OH excluding ortho intramolecular Hbond substituents is 1. The minimum atomic E-state index is -4.44. The fraction of sp³-hybridized carbons (Fsp3) is 0.524. The third-order valence-electron chi connectivity index (χ3n) is 13.4. The van der Waals surface area contributed by atoms with Gasteiger partial charge in [-0.15, -0.1) is 6.42 Å². The fourth-order valence-corrected chi connectivity index (χ4v) is 9.95. The Balaban J connectivity index is 1.06. The number of carbonyl (C=O) groups is 1. The summed E-state index contributed by atoms with van der Waals surface area (Å²) in [5, 5.41) is 11.3. The van der Waals surface area contributed by atoms with E-state index in [4.69, 9.17) is 20.9 Å². The number of likely N-dealkylation sites (tertiary alicyclic amines) is 2. The number of halogens is 6. The largest absolute Gasteiger partial charge is 0.508 e. The second kappa shape index (κ2) is 13.0. The summed E-state index contributed by atoms with van der Waals surface area (Å²) in [6, 6.07) is 4.42. The summed E-state index contributed by atoms with van der Waals surface area (Å²) in [5.74, 6) is -9.95. The summed E-state index contributed by atoms with van der Waals surface area (Å²) < 4.78 is 101. The van der Waals surface area contributed by atoms with Crippen LogP contribution in [0.1, 0.15) is 44.1 Å². The highest BCUT2D eigenvalue weighted by molar-refractivity contribution is 6.04. The number of methoxy groups -OCH3 is 1. The van der Waals surface area contributed by atoms with Crippen LogP contribution >= 0.6 is 0 Å². The Kier molecular flexibility index (Phi) is 8.33. The molecule has 3 aliphatic heterocycles. The first-order chi connectivity index (χ1) is 27.7. The number of hydrogen-bond acceptors (Lipinski definition) is 9. The molecule has 6 fully saturated rings. The Morgan fingerprint density at radius 2 is 1.79 bits per heavy atom. The lowest BCUT2D eigenvalue weighted by molar-refractivity contribution is -0.307. The molecule has 2 aromatic heterocycles. The maximum Gasteiger partial charge on any atom is 0.321 e. The molecule has 1 N–H and O–H groups in total. The van der Waals surface area contributed by atoms with Gasteiger partial charge in [0.05, 0.1) is 19.3 Å². The Labute approximate surface area is 329 Å². The Hall–Kier alpha value is -5.04. The van der Waals surface area contributed by atoms with E-state index in [1.807, 2.05) is 0 Å². The van der Waals surface area contributed by atoms with Crippen LogP contribution < -0.4 is 14.4 Å². The first-order valence-corrected chi connectivity index (χ1v) is 19.7. The number of ether oxygens (including phenoxy) is 2. The molecule has 10 nitrogen and oxygen atoms in total. The quantitative estimate of drug-likeness (QED) is 0.147. The third-order valence-corrected chi connectivity index (χ3v) is 13.4. The van der Waals surface area contributed by atoms with Crippen LogP contribution in [-0.2, 0) is 4.79 Å². The minimum absolute atomic E-state index is 0.0111. The number of anilines is 1. The number of carbonyl (C=O) groups excluding carboxylic acids is 1. The molecule has 6 aliphatic rings. The van der Waals surface area contributed by atoms with Crippen molar-refractivity contribution >= 4 is 33.4 Å². The number of amides is 1. The molecule has 16 heteroatoms. The monoisotopic (exact) mass is 806 g/mol. The highest BCUT2D eigenvalue weighted by atomic mass is 19.3. The van der Waals surface area contributed by atoms with Crippen molar-refractivity contribution < 1.29 is 45.7 Å². The van der Waals surface area contributed by atoms with E-state index in [-0.39, 0.29) is 87.6 Å². The Morgan fingerprint density at radius 3 is 2.48 bits per heavy atom. The van der Waals surface area contributed by atoms with E-state index in [2.05, 4.69) is 20.8 Å². The smallest absolute Gasteiger partial charge is 0.321 e. The van der Waals surface area contributed by atoms with Gasteiger partial charge in [0.1, 0.15) is 39.9 Å². The van der Waals surface area contributed by atoms with Crippen LogP contribution in [0.5, 0.6) is 17.6 Å². The number of phenols is 1. The Morgan fingerprint density at radius 1 is 1.02 bits per heavy atom. The molecule has 3 saturated carbocycles. The van der Waals surface area contributed by atoms with Crippen LogP contribution in [0, 0.1) is 53.1 Å². The first kappa shape index (κ1) is 37.2. The molecule has 1 amide bonds. The van der Waals surface area contributed by atoms with Crippen LogP contribution in [0.2, 0.25) is 0 Å². The topological polar surface area (TPSA) is 104 Å². The Bertz CT molecular complexity index is 2430. The zero-order chi connectivity index (χ0) is 40.5. The van der Waals surface area contributed by atoms with Crippen LogP contribution in [0.4, 0.5) is 32.2 Å². The lowest BCUT2D eigenvalue weighted by Crippen LogP contribution is -2.64. The molecule has 0 radical (unpaired) electrons. The van der Waals surface area contributed by atoms with Crippen LogP contribution in [0.3, 0.4) is 0 Å². The number of alkyl halides is 4. The summed E-state index contributed by atoms with van der Waals surface area (Å²) >= 11 is 0. The zero-order valence-electron chi connectivity index (χ0n) is 31.6. The average molecular weight is 807 g/mol. The van der Waals surface area contributed by atoms with Gasteiger partial charge in [-0.2, -0.15) is 27.5 Å². The van der Waals surface area contributed by atoms with Gasteiger partial charge >= 0.3 is 17.9 Å². The van der Waals surface area contributed by atoms with Crippen molar-refractivity contribution in [1.82, 2.24) is 24.8 Å². The number of terminal acetylenes is 1. The number of pyridine rings is 1. The van der Waals surface area contributed by atoms with Gasteiger partial charge in [0.15, 0.2) is 5.82 Å². The predicted molar refractivity (Wildman–Crippen MR) is 200 cm³/mol. The van der Waals surface area contributed by atoms with Crippen LogP contribution in [-0.4, -0.2) is 107 Å². The molecule has 5 heterocycles. The molecule has 58 heavy (non-hydrogen) atoms. The van der Waals surface area contributed by atoms with E-state index in [9.17, 15) is 27.5 Å². The number of aromatic nitrogens is 3. The van der Waals surface area contributed by atoms with E-state index in [0.29, 0.717) is 24.8 Å². The number of piperidine rings is 1. The van der Waals surface area contributed by atoms with Crippen molar-refractivity contribution in [3.63, 3.8) is 0 Å². The molecule has 0 spiro atoms. The summed E-state index contributed by atoms with van der Waals surface area (Å²) in [4.78, 5) is 32.9. The summed E-state index contributed by atoms with van der Waals surface area (Å²) in [7, 11) is 1.32. The van der Waals surface area contributed by atoms with Crippen LogP contribution in [0.25, 0.3) is 32.9 Å². The maximum atomic E-state index is 17.4. The summed E-state index contributed by atoms with van der Waals surface area (Å²) in [5.41, 5.74) is -0.872. The molecule has 10 rings (SSSR count). The second-order valence-electron chi connectivity index (χ2n) is 17.3. The van der Waals surface area contributed by atoms with Gasteiger partial charge in [0.25, 0.3) is 0 Å². The lowest BCUT2D eigenvalue weighted by Gasteiger charge is -2.45. The van der Waals surface area contributed by atoms with Crippen molar-refractivity contribution in [1.29, 1.82) is 0 Å². The van der Waals surface area contributed by atoms with Gasteiger partial charge in [-0.05, 0) is 73.4 Å². The summed E-state index contributed by atoms with van der Waals surface area (Å²) in [6.07, 6.45) is 8.63.